The maximum Gasteiger partial charge on any atom is 0.269 e. The number of nitrogens with zero attached hydrogens (tertiary/aromatic N) is 2. The lowest BCUT2D eigenvalue weighted by Gasteiger charge is -2.15. The summed E-state index contributed by atoms with van der Waals surface area (Å²) in [7, 11) is 0. The number of nitrogens with two attached hydrogens (primary N) is 1. The molecule has 0 bridgehead atoms. The van der Waals surface area contributed by atoms with E-state index in [9.17, 15) is 4.79 Å². The van der Waals surface area contributed by atoms with Crippen LogP contribution in [-0.2, 0) is 12.8 Å². The molecular weight excluding hydrogens is 292 g/mol. The summed E-state index contributed by atoms with van der Waals surface area (Å²) in [6.07, 6.45) is 2.74. The molecule has 2 heterocycles. The highest BCUT2D eigenvalue weighted by atomic mass is 32.1. The molecule has 0 aromatic carbocycles. The zero-order chi connectivity index (χ0) is 14.3. The van der Waals surface area contributed by atoms with E-state index in [1.807, 2.05) is 13.8 Å². The number of anilines is 1. The number of amides is 1. The molecule has 0 aliphatic heterocycles. The second-order valence-electron chi connectivity index (χ2n) is 4.99. The third-order valence-corrected chi connectivity index (χ3v) is 5.42. The molecule has 0 spiro atoms. The van der Waals surface area contributed by atoms with Gasteiger partial charge in [-0.25, -0.2) is 9.97 Å². The van der Waals surface area contributed by atoms with Crippen LogP contribution in [0.25, 0.3) is 0 Å². The Labute approximate surface area is 125 Å². The van der Waals surface area contributed by atoms with Gasteiger partial charge in [0.1, 0.15) is 4.88 Å². The van der Waals surface area contributed by atoms with Crippen molar-refractivity contribution in [1.29, 1.82) is 0 Å². The summed E-state index contributed by atoms with van der Waals surface area (Å²) in [6.45, 7) is 3.75. The first-order valence-electron chi connectivity index (χ1n) is 6.52. The van der Waals surface area contributed by atoms with Gasteiger partial charge in [0.2, 0.25) is 0 Å². The van der Waals surface area contributed by atoms with Crippen molar-refractivity contribution in [3.63, 3.8) is 0 Å². The topological polar surface area (TPSA) is 80.9 Å². The highest BCUT2D eigenvalue weighted by molar-refractivity contribution is 7.16. The lowest BCUT2D eigenvalue weighted by molar-refractivity contribution is 0.103. The van der Waals surface area contributed by atoms with E-state index in [4.69, 9.17) is 5.73 Å². The van der Waals surface area contributed by atoms with Gasteiger partial charge in [0.05, 0.1) is 16.4 Å². The summed E-state index contributed by atoms with van der Waals surface area (Å²) < 4.78 is 0. The van der Waals surface area contributed by atoms with Crippen molar-refractivity contribution in [2.45, 2.75) is 39.2 Å². The zero-order valence-corrected chi connectivity index (χ0v) is 13.0. The fraction of sp³-hybridized carbons (Fsp3) is 0.462. The number of fused-ring (bicyclic) bond motifs is 1. The number of carbonyl (C=O) groups excluding carboxylic acids is 1. The average Bonchev–Trinajstić information content (AvgIpc) is 2.91. The molecule has 1 aliphatic carbocycles. The molecule has 1 amide bonds. The van der Waals surface area contributed by atoms with Gasteiger partial charge < -0.3 is 5.73 Å². The van der Waals surface area contributed by atoms with Crippen LogP contribution in [0.15, 0.2) is 0 Å². The van der Waals surface area contributed by atoms with E-state index in [1.54, 1.807) is 0 Å². The Hall–Kier alpha value is -1.31. The average molecular weight is 308 g/mol. The Morgan fingerprint density at radius 3 is 2.85 bits per heavy atom. The van der Waals surface area contributed by atoms with Crippen molar-refractivity contribution in [1.82, 2.24) is 9.97 Å². The molecule has 0 fully saturated rings. The number of aromatic nitrogens is 2. The van der Waals surface area contributed by atoms with Crippen molar-refractivity contribution < 1.29 is 4.79 Å². The first-order chi connectivity index (χ1) is 9.52. The van der Waals surface area contributed by atoms with Gasteiger partial charge >= 0.3 is 0 Å². The van der Waals surface area contributed by atoms with Gasteiger partial charge in [-0.15, -0.1) is 22.7 Å². The standard InChI is InChI=1S/C13H16N4OS2/c1-6-11(19-7(2)15-6)12(18)17-13-16-9-4-3-8(14)5-10(9)20-13/h8H,3-5,14H2,1-2H3,(H,16,17,18)/t8-/m0/s1. The third kappa shape index (κ3) is 2.61. The molecule has 1 atom stereocenters. The van der Waals surface area contributed by atoms with Crippen molar-refractivity contribution in [2.75, 3.05) is 5.32 Å². The Bertz CT molecular complexity index is 661. The highest BCUT2D eigenvalue weighted by Gasteiger charge is 2.22. The smallest absolute Gasteiger partial charge is 0.269 e. The van der Waals surface area contributed by atoms with E-state index >= 15 is 0 Å². The Balaban J connectivity index is 1.78. The quantitative estimate of drug-likeness (QED) is 0.892. The largest absolute Gasteiger partial charge is 0.327 e. The number of rotatable bonds is 2. The van der Waals surface area contributed by atoms with Gasteiger partial charge in [-0.3, -0.25) is 10.1 Å². The van der Waals surface area contributed by atoms with E-state index in [0.29, 0.717) is 10.0 Å². The van der Waals surface area contributed by atoms with Crippen LogP contribution in [0.1, 0.15) is 37.4 Å². The predicted molar refractivity (Wildman–Crippen MR) is 81.7 cm³/mol. The van der Waals surface area contributed by atoms with Crippen molar-refractivity contribution >= 4 is 33.7 Å². The van der Waals surface area contributed by atoms with Crippen LogP contribution in [0.4, 0.5) is 5.13 Å². The van der Waals surface area contributed by atoms with Crippen LogP contribution >= 0.6 is 22.7 Å². The van der Waals surface area contributed by atoms with E-state index in [0.717, 1.165) is 35.7 Å². The summed E-state index contributed by atoms with van der Waals surface area (Å²) in [5.41, 5.74) is 7.82. The number of nitrogens with one attached hydrogen (secondary N) is 1. The Morgan fingerprint density at radius 1 is 1.35 bits per heavy atom. The molecule has 0 radical (unpaired) electrons. The third-order valence-electron chi connectivity index (χ3n) is 3.31. The molecule has 3 rings (SSSR count). The maximum atomic E-state index is 12.2. The first kappa shape index (κ1) is 13.7. The van der Waals surface area contributed by atoms with E-state index in [2.05, 4.69) is 15.3 Å². The minimum Gasteiger partial charge on any atom is -0.327 e. The molecule has 2 aromatic heterocycles. The van der Waals surface area contributed by atoms with Gasteiger partial charge in [-0.2, -0.15) is 0 Å². The summed E-state index contributed by atoms with van der Waals surface area (Å²) in [5, 5.41) is 4.45. The molecule has 0 unspecified atom stereocenters. The Kier molecular flexibility index (Phi) is 3.57. The van der Waals surface area contributed by atoms with E-state index in [1.165, 1.54) is 27.6 Å². The SMILES string of the molecule is Cc1nc(C)c(C(=O)Nc2nc3c(s2)C[C@@H](N)CC3)s1. The predicted octanol–water partition coefficient (Wildman–Crippen LogP) is 2.28. The van der Waals surface area contributed by atoms with Gasteiger partial charge in [-0.05, 0) is 33.1 Å². The monoisotopic (exact) mass is 308 g/mol. The number of hydrogen-bond acceptors (Lipinski definition) is 6. The van der Waals surface area contributed by atoms with Gasteiger partial charge in [0, 0.05) is 10.9 Å². The molecule has 0 saturated heterocycles. The van der Waals surface area contributed by atoms with Crippen molar-refractivity contribution in [3.05, 3.63) is 26.1 Å². The normalized spacial score (nSPS) is 17.9. The summed E-state index contributed by atoms with van der Waals surface area (Å²) in [6, 6.07) is 0.220. The zero-order valence-electron chi connectivity index (χ0n) is 11.4. The lowest BCUT2D eigenvalue weighted by Crippen LogP contribution is -2.27. The minimum absolute atomic E-state index is 0.122. The molecule has 7 heteroatoms. The van der Waals surface area contributed by atoms with Crippen LogP contribution in [0.2, 0.25) is 0 Å². The van der Waals surface area contributed by atoms with Crippen LogP contribution in [0, 0.1) is 13.8 Å². The second-order valence-corrected chi connectivity index (χ2v) is 7.28. The number of thiazole rings is 2. The molecule has 20 heavy (non-hydrogen) atoms. The highest BCUT2D eigenvalue weighted by Crippen LogP contribution is 2.30. The fourth-order valence-corrected chi connectivity index (χ4v) is 4.26. The molecule has 2 aromatic rings. The lowest BCUT2D eigenvalue weighted by atomic mass is 9.99. The number of hydrogen-bond donors (Lipinski definition) is 2. The molecule has 5 nitrogen and oxygen atoms in total. The molecule has 106 valence electrons. The van der Waals surface area contributed by atoms with Crippen molar-refractivity contribution in [2.24, 2.45) is 5.73 Å². The van der Waals surface area contributed by atoms with Crippen LogP contribution < -0.4 is 11.1 Å². The molecule has 1 aliphatic rings. The maximum absolute atomic E-state index is 12.2. The van der Waals surface area contributed by atoms with Gasteiger partial charge in [-0.1, -0.05) is 0 Å². The minimum atomic E-state index is -0.122. The van der Waals surface area contributed by atoms with E-state index in [-0.39, 0.29) is 11.9 Å². The summed E-state index contributed by atoms with van der Waals surface area (Å²) >= 11 is 2.95. The van der Waals surface area contributed by atoms with Gasteiger partial charge in [0.25, 0.3) is 5.91 Å². The Morgan fingerprint density at radius 2 is 2.15 bits per heavy atom. The number of carbonyl (C=O) groups is 1. The molecular formula is C13H16N4OS2. The van der Waals surface area contributed by atoms with Crippen molar-refractivity contribution in [3.8, 4) is 0 Å². The van der Waals surface area contributed by atoms with Gasteiger partial charge in [0.15, 0.2) is 5.13 Å². The second kappa shape index (κ2) is 5.23. The molecule has 3 N–H and O–H groups in total. The first-order valence-corrected chi connectivity index (χ1v) is 8.15. The summed E-state index contributed by atoms with van der Waals surface area (Å²) in [4.78, 5) is 22.9. The van der Waals surface area contributed by atoms with Crippen LogP contribution in [-0.4, -0.2) is 21.9 Å². The van der Waals surface area contributed by atoms with Crippen LogP contribution in [0.5, 0.6) is 0 Å². The summed E-state index contributed by atoms with van der Waals surface area (Å²) in [5.74, 6) is -0.122. The van der Waals surface area contributed by atoms with E-state index < -0.39 is 0 Å². The fourth-order valence-electron chi connectivity index (χ4n) is 2.35. The van der Waals surface area contributed by atoms with Crippen LogP contribution in [0.3, 0.4) is 0 Å². The molecule has 0 saturated carbocycles. The number of aryl methyl sites for hydroxylation is 3.